The number of sulfonamides is 2. The van der Waals surface area contributed by atoms with E-state index in [2.05, 4.69) is 5.32 Å². The molecule has 0 spiro atoms. The quantitative estimate of drug-likeness (QED) is 0.620. The van der Waals surface area contributed by atoms with Gasteiger partial charge in [0.1, 0.15) is 8.42 Å². The predicted octanol–water partition coefficient (Wildman–Crippen LogP) is 0.790. The Bertz CT molecular complexity index is 1030. The molecule has 148 valence electrons. The van der Waals surface area contributed by atoms with E-state index in [-0.39, 0.29) is 27.6 Å². The standard InChI is InChI=1S/C16H21N3O5S3/c1-2-18-14-10-19(12-5-3-11(4-6-12)7-8-20)27(23,24)16-13(14)9-15(25-16)26(17,21)22/h3-6,9,14,18,20H,2,7-8,10H2,1H3,(H2,17,21,22). The van der Waals surface area contributed by atoms with E-state index in [1.807, 2.05) is 6.92 Å². The Kier molecular flexibility index (Phi) is 5.62. The second-order valence-electron chi connectivity index (χ2n) is 6.14. The van der Waals surface area contributed by atoms with Gasteiger partial charge >= 0.3 is 0 Å². The summed E-state index contributed by atoms with van der Waals surface area (Å²) in [6.45, 7) is 2.64. The van der Waals surface area contributed by atoms with Crippen LogP contribution in [0.25, 0.3) is 0 Å². The van der Waals surface area contributed by atoms with E-state index in [0.29, 0.717) is 35.6 Å². The summed E-state index contributed by atoms with van der Waals surface area (Å²) >= 11 is 0.673. The zero-order valence-electron chi connectivity index (χ0n) is 14.6. The van der Waals surface area contributed by atoms with Crippen LogP contribution in [0, 0.1) is 0 Å². The molecule has 8 nitrogen and oxygen atoms in total. The number of rotatable bonds is 6. The van der Waals surface area contributed by atoms with Crippen LogP contribution < -0.4 is 14.8 Å². The fourth-order valence-corrected chi connectivity index (χ4v) is 7.29. The lowest BCUT2D eigenvalue weighted by Crippen LogP contribution is -2.43. The third kappa shape index (κ3) is 3.89. The van der Waals surface area contributed by atoms with Crippen molar-refractivity contribution < 1.29 is 21.9 Å². The molecule has 0 saturated heterocycles. The maximum atomic E-state index is 13.1. The van der Waals surface area contributed by atoms with E-state index in [4.69, 9.17) is 10.2 Å². The molecule has 1 atom stereocenters. The van der Waals surface area contributed by atoms with Gasteiger partial charge in [-0.1, -0.05) is 19.1 Å². The van der Waals surface area contributed by atoms with E-state index in [0.717, 1.165) is 5.56 Å². The van der Waals surface area contributed by atoms with E-state index in [1.54, 1.807) is 24.3 Å². The van der Waals surface area contributed by atoms with Crippen LogP contribution >= 0.6 is 11.3 Å². The monoisotopic (exact) mass is 431 g/mol. The maximum Gasteiger partial charge on any atom is 0.274 e. The van der Waals surface area contributed by atoms with Gasteiger partial charge in [-0.15, -0.1) is 11.3 Å². The van der Waals surface area contributed by atoms with Gasteiger partial charge < -0.3 is 10.4 Å². The lowest BCUT2D eigenvalue weighted by molar-refractivity contribution is 0.299. The Hall–Kier alpha value is -1.50. The fourth-order valence-electron chi connectivity index (χ4n) is 3.04. The van der Waals surface area contributed by atoms with Gasteiger partial charge in [-0.05, 0) is 36.7 Å². The SMILES string of the molecule is CCNC1CN(c2ccc(CCO)cc2)S(=O)(=O)c2sc(S(N)(=O)=O)cc21. The highest BCUT2D eigenvalue weighted by atomic mass is 32.3. The Morgan fingerprint density at radius 1 is 1.33 bits per heavy atom. The number of nitrogens with one attached hydrogen (secondary N) is 1. The van der Waals surface area contributed by atoms with Gasteiger partial charge in [0, 0.05) is 12.2 Å². The first-order valence-electron chi connectivity index (χ1n) is 8.31. The van der Waals surface area contributed by atoms with Gasteiger partial charge in [-0.25, -0.2) is 22.0 Å². The first kappa shape index (κ1) is 20.2. The average molecular weight is 432 g/mol. The van der Waals surface area contributed by atoms with E-state index in [1.165, 1.54) is 10.4 Å². The van der Waals surface area contributed by atoms with Gasteiger partial charge in [0.25, 0.3) is 10.0 Å². The third-order valence-corrected chi connectivity index (χ3v) is 9.20. The highest BCUT2D eigenvalue weighted by Crippen LogP contribution is 2.41. The summed E-state index contributed by atoms with van der Waals surface area (Å²) in [5.41, 5.74) is 1.81. The third-order valence-electron chi connectivity index (χ3n) is 4.31. The molecule has 2 heterocycles. The van der Waals surface area contributed by atoms with Crippen molar-refractivity contribution >= 4 is 37.1 Å². The minimum atomic E-state index is -4.00. The largest absolute Gasteiger partial charge is 0.396 e. The molecule has 1 aromatic heterocycles. The number of thiophene rings is 1. The summed E-state index contributed by atoms with van der Waals surface area (Å²) < 4.78 is 50.8. The molecular formula is C16H21N3O5S3. The summed E-state index contributed by atoms with van der Waals surface area (Å²) in [5.74, 6) is 0. The topological polar surface area (TPSA) is 130 Å². The number of hydrogen-bond acceptors (Lipinski definition) is 7. The maximum absolute atomic E-state index is 13.1. The zero-order valence-corrected chi connectivity index (χ0v) is 17.1. The molecule has 0 bridgehead atoms. The van der Waals surface area contributed by atoms with Crippen LogP contribution in [0.1, 0.15) is 24.1 Å². The van der Waals surface area contributed by atoms with E-state index >= 15 is 0 Å². The molecule has 1 aliphatic heterocycles. The van der Waals surface area contributed by atoms with Gasteiger partial charge in [0.15, 0.2) is 0 Å². The van der Waals surface area contributed by atoms with Crippen molar-refractivity contribution in [3.8, 4) is 0 Å². The molecule has 3 rings (SSSR count). The fraction of sp³-hybridized carbons (Fsp3) is 0.375. The molecule has 1 aliphatic rings. The predicted molar refractivity (Wildman–Crippen MR) is 104 cm³/mol. The van der Waals surface area contributed by atoms with Crippen LogP contribution in [-0.4, -0.2) is 41.6 Å². The summed E-state index contributed by atoms with van der Waals surface area (Å²) in [5, 5.41) is 17.4. The van der Waals surface area contributed by atoms with Crippen LogP contribution in [0.3, 0.4) is 0 Å². The van der Waals surface area contributed by atoms with Crippen molar-refractivity contribution in [2.24, 2.45) is 5.14 Å². The first-order valence-corrected chi connectivity index (χ1v) is 12.1. The summed E-state index contributed by atoms with van der Waals surface area (Å²) in [6.07, 6.45) is 0.486. The number of fused-ring (bicyclic) bond motifs is 1. The number of benzene rings is 1. The molecule has 0 saturated carbocycles. The van der Waals surface area contributed by atoms with Crippen LogP contribution in [0.2, 0.25) is 0 Å². The van der Waals surface area contributed by atoms with Gasteiger partial charge in [0.05, 0.1) is 18.3 Å². The molecule has 0 aliphatic carbocycles. The van der Waals surface area contributed by atoms with Crippen LogP contribution in [0.5, 0.6) is 0 Å². The van der Waals surface area contributed by atoms with Crippen molar-refractivity contribution in [1.29, 1.82) is 0 Å². The number of aliphatic hydroxyl groups is 1. The summed E-state index contributed by atoms with van der Waals surface area (Å²) in [6, 6.07) is 7.90. The van der Waals surface area contributed by atoms with Crippen LogP contribution in [0.15, 0.2) is 38.8 Å². The number of primary sulfonamides is 1. The normalized spacial score (nSPS) is 19.1. The first-order chi connectivity index (χ1) is 12.7. The van der Waals surface area contributed by atoms with Gasteiger partial charge in [-0.3, -0.25) is 4.31 Å². The van der Waals surface area contributed by atoms with Crippen molar-refractivity contribution in [1.82, 2.24) is 5.32 Å². The minimum absolute atomic E-state index is 0.0110. The van der Waals surface area contributed by atoms with Crippen LogP contribution in [0.4, 0.5) is 5.69 Å². The molecule has 4 N–H and O–H groups in total. The summed E-state index contributed by atoms with van der Waals surface area (Å²) in [4.78, 5) is 0. The van der Waals surface area contributed by atoms with Gasteiger partial charge in [-0.2, -0.15) is 0 Å². The highest BCUT2D eigenvalue weighted by Gasteiger charge is 2.40. The smallest absolute Gasteiger partial charge is 0.274 e. The van der Waals surface area contributed by atoms with Crippen molar-refractivity contribution in [2.45, 2.75) is 27.8 Å². The Morgan fingerprint density at radius 3 is 2.56 bits per heavy atom. The Balaban J connectivity index is 2.09. The highest BCUT2D eigenvalue weighted by molar-refractivity contribution is 7.96. The Labute approximate surface area is 162 Å². The van der Waals surface area contributed by atoms with Crippen molar-refractivity contribution in [3.63, 3.8) is 0 Å². The number of hydrogen-bond donors (Lipinski definition) is 3. The number of aliphatic hydroxyl groups excluding tert-OH is 1. The number of nitrogens with two attached hydrogens (primary N) is 1. The number of likely N-dealkylation sites (N-methyl/N-ethyl adjacent to an activating group) is 1. The second-order valence-corrected chi connectivity index (χ2v) is 11.0. The van der Waals surface area contributed by atoms with Crippen molar-refractivity contribution in [3.05, 3.63) is 41.5 Å². The molecule has 0 fully saturated rings. The lowest BCUT2D eigenvalue weighted by atomic mass is 10.1. The molecule has 2 aromatic rings. The zero-order chi connectivity index (χ0) is 19.8. The number of anilines is 1. The molecule has 1 aromatic carbocycles. The molecule has 27 heavy (non-hydrogen) atoms. The van der Waals surface area contributed by atoms with E-state index in [9.17, 15) is 16.8 Å². The molecule has 0 amide bonds. The minimum Gasteiger partial charge on any atom is -0.396 e. The van der Waals surface area contributed by atoms with Crippen molar-refractivity contribution in [2.75, 3.05) is 24.0 Å². The molecule has 0 radical (unpaired) electrons. The summed E-state index contributed by atoms with van der Waals surface area (Å²) in [7, 11) is -7.90. The van der Waals surface area contributed by atoms with Crippen LogP contribution in [-0.2, 0) is 26.5 Å². The average Bonchev–Trinajstić information content (AvgIpc) is 3.06. The Morgan fingerprint density at radius 2 is 2.00 bits per heavy atom. The number of nitrogens with zero attached hydrogens (tertiary/aromatic N) is 1. The molecular weight excluding hydrogens is 410 g/mol. The van der Waals surface area contributed by atoms with Gasteiger partial charge in [0.2, 0.25) is 10.0 Å². The second kappa shape index (κ2) is 7.49. The molecule has 1 unspecified atom stereocenters. The molecule has 11 heteroatoms. The van der Waals surface area contributed by atoms with E-state index < -0.39 is 20.0 Å². The lowest BCUT2D eigenvalue weighted by Gasteiger charge is -2.34.